The zero-order valence-electron chi connectivity index (χ0n) is 11.4. The summed E-state index contributed by atoms with van der Waals surface area (Å²) in [5, 5.41) is 0. The van der Waals surface area contributed by atoms with Crippen molar-refractivity contribution >= 4 is 17.7 Å². The summed E-state index contributed by atoms with van der Waals surface area (Å²) in [6.45, 7) is 10.2. The van der Waals surface area contributed by atoms with Crippen molar-refractivity contribution in [3.63, 3.8) is 0 Å². The van der Waals surface area contributed by atoms with Gasteiger partial charge in [0.15, 0.2) is 0 Å². The highest BCUT2D eigenvalue weighted by molar-refractivity contribution is 8.01. The number of hydrogen-bond acceptors (Lipinski definition) is 4. The summed E-state index contributed by atoms with van der Waals surface area (Å²) in [7, 11) is 0. The predicted octanol–water partition coefficient (Wildman–Crippen LogP) is 2.88. The van der Waals surface area contributed by atoms with Crippen molar-refractivity contribution < 1.29 is 14.3 Å². The topological polar surface area (TPSA) is 35.5 Å². The van der Waals surface area contributed by atoms with Crippen LogP contribution in [0.1, 0.15) is 40.5 Å². The first-order chi connectivity index (χ1) is 7.90. The van der Waals surface area contributed by atoms with E-state index in [1.54, 1.807) is 11.8 Å². The standard InChI is InChI=1S/C13H24O3S/c1-5-16-11(14)12(2,3)17-10-13(4)6-8-15-9-7-13/h5-10H2,1-4H3. The van der Waals surface area contributed by atoms with Crippen molar-refractivity contribution in [1.29, 1.82) is 0 Å². The quantitative estimate of drug-likeness (QED) is 0.712. The third kappa shape index (κ3) is 4.51. The molecule has 100 valence electrons. The van der Waals surface area contributed by atoms with Crippen LogP contribution in [0, 0.1) is 5.41 Å². The molecule has 0 saturated carbocycles. The lowest BCUT2D eigenvalue weighted by molar-refractivity contribution is -0.145. The van der Waals surface area contributed by atoms with Gasteiger partial charge in [0.25, 0.3) is 0 Å². The molecule has 17 heavy (non-hydrogen) atoms. The summed E-state index contributed by atoms with van der Waals surface area (Å²) >= 11 is 1.70. The Morgan fingerprint density at radius 2 is 2.00 bits per heavy atom. The molecule has 0 aromatic carbocycles. The highest BCUT2D eigenvalue weighted by Crippen LogP contribution is 2.38. The number of carbonyl (C=O) groups is 1. The second-order valence-corrected chi connectivity index (χ2v) is 7.04. The van der Waals surface area contributed by atoms with E-state index < -0.39 is 4.75 Å². The van der Waals surface area contributed by atoms with Crippen LogP contribution < -0.4 is 0 Å². The van der Waals surface area contributed by atoms with E-state index >= 15 is 0 Å². The molecule has 0 aliphatic carbocycles. The third-order valence-corrected chi connectivity index (χ3v) is 4.98. The molecule has 0 unspecified atom stereocenters. The first-order valence-corrected chi connectivity index (χ1v) is 7.27. The third-order valence-electron chi connectivity index (χ3n) is 3.25. The van der Waals surface area contributed by atoms with Gasteiger partial charge in [0.05, 0.1) is 6.61 Å². The second-order valence-electron chi connectivity index (χ2n) is 5.44. The zero-order valence-corrected chi connectivity index (χ0v) is 12.2. The molecule has 0 spiro atoms. The van der Waals surface area contributed by atoms with Gasteiger partial charge in [-0.25, -0.2) is 0 Å². The number of ether oxygens (including phenoxy) is 2. The zero-order chi connectivity index (χ0) is 12.9. The maximum Gasteiger partial charge on any atom is 0.321 e. The molecule has 0 aromatic rings. The lowest BCUT2D eigenvalue weighted by atomic mass is 9.85. The normalized spacial score (nSPS) is 20.0. The monoisotopic (exact) mass is 260 g/mol. The van der Waals surface area contributed by atoms with E-state index in [4.69, 9.17) is 9.47 Å². The Hall–Kier alpha value is -0.220. The van der Waals surface area contributed by atoms with Crippen molar-refractivity contribution in [2.75, 3.05) is 25.6 Å². The average Bonchev–Trinajstić information content (AvgIpc) is 2.28. The van der Waals surface area contributed by atoms with E-state index in [0.29, 0.717) is 12.0 Å². The lowest BCUT2D eigenvalue weighted by Gasteiger charge is -2.35. The van der Waals surface area contributed by atoms with Crippen LogP contribution >= 0.6 is 11.8 Å². The molecule has 1 rings (SSSR count). The first kappa shape index (κ1) is 14.8. The number of carbonyl (C=O) groups excluding carboxylic acids is 1. The average molecular weight is 260 g/mol. The summed E-state index contributed by atoms with van der Waals surface area (Å²) in [6, 6.07) is 0. The van der Waals surface area contributed by atoms with E-state index in [0.717, 1.165) is 31.8 Å². The van der Waals surface area contributed by atoms with Crippen LogP contribution in [0.3, 0.4) is 0 Å². The minimum absolute atomic E-state index is 0.111. The van der Waals surface area contributed by atoms with Crippen LogP contribution in [0.5, 0.6) is 0 Å². The minimum Gasteiger partial charge on any atom is -0.465 e. The molecule has 3 nitrogen and oxygen atoms in total. The Balaban J connectivity index is 2.45. The van der Waals surface area contributed by atoms with Crippen LogP contribution in [0.4, 0.5) is 0 Å². The van der Waals surface area contributed by atoms with Gasteiger partial charge in [-0.1, -0.05) is 6.92 Å². The summed E-state index contributed by atoms with van der Waals surface area (Å²) < 4.78 is 10.0. The fourth-order valence-corrected chi connectivity index (χ4v) is 2.90. The van der Waals surface area contributed by atoms with E-state index in [1.165, 1.54) is 0 Å². The highest BCUT2D eigenvalue weighted by atomic mass is 32.2. The molecular weight excluding hydrogens is 236 g/mol. The van der Waals surface area contributed by atoms with Gasteiger partial charge < -0.3 is 9.47 Å². The van der Waals surface area contributed by atoms with Gasteiger partial charge in [-0.05, 0) is 44.8 Å². The van der Waals surface area contributed by atoms with Crippen LogP contribution in [-0.4, -0.2) is 36.3 Å². The second kappa shape index (κ2) is 6.10. The molecule has 0 radical (unpaired) electrons. The minimum atomic E-state index is -0.447. The molecule has 4 heteroatoms. The molecule has 0 bridgehead atoms. The molecular formula is C13H24O3S. The van der Waals surface area contributed by atoms with E-state index in [-0.39, 0.29) is 5.97 Å². The number of thioether (sulfide) groups is 1. The highest BCUT2D eigenvalue weighted by Gasteiger charge is 2.35. The SMILES string of the molecule is CCOC(=O)C(C)(C)SCC1(C)CCOCC1. The Morgan fingerprint density at radius 1 is 1.41 bits per heavy atom. The van der Waals surface area contributed by atoms with Crippen molar-refractivity contribution in [3.8, 4) is 0 Å². The van der Waals surface area contributed by atoms with Gasteiger partial charge >= 0.3 is 5.97 Å². The van der Waals surface area contributed by atoms with E-state index in [1.807, 2.05) is 20.8 Å². The van der Waals surface area contributed by atoms with Crippen LogP contribution in [-0.2, 0) is 14.3 Å². The molecule has 0 amide bonds. The number of hydrogen-bond donors (Lipinski definition) is 0. The molecule has 1 fully saturated rings. The molecule has 1 saturated heterocycles. The summed E-state index contributed by atoms with van der Waals surface area (Å²) in [5.41, 5.74) is 0.298. The van der Waals surface area contributed by atoms with Crippen molar-refractivity contribution in [2.24, 2.45) is 5.41 Å². The van der Waals surface area contributed by atoms with Crippen molar-refractivity contribution in [1.82, 2.24) is 0 Å². The predicted molar refractivity (Wildman–Crippen MR) is 71.3 cm³/mol. The molecule has 1 aliphatic heterocycles. The molecule has 1 heterocycles. The van der Waals surface area contributed by atoms with Gasteiger partial charge in [0.2, 0.25) is 0 Å². The fraction of sp³-hybridized carbons (Fsp3) is 0.923. The molecule has 0 N–H and O–H groups in total. The Morgan fingerprint density at radius 3 is 2.53 bits per heavy atom. The first-order valence-electron chi connectivity index (χ1n) is 6.28. The summed E-state index contributed by atoms with van der Waals surface area (Å²) in [5.74, 6) is 0.878. The van der Waals surface area contributed by atoms with Gasteiger partial charge in [-0.2, -0.15) is 0 Å². The molecule has 1 aliphatic rings. The van der Waals surface area contributed by atoms with Crippen LogP contribution in [0.2, 0.25) is 0 Å². The smallest absolute Gasteiger partial charge is 0.321 e. The van der Waals surface area contributed by atoms with Crippen LogP contribution in [0.25, 0.3) is 0 Å². The molecule has 0 atom stereocenters. The van der Waals surface area contributed by atoms with Crippen molar-refractivity contribution in [2.45, 2.75) is 45.3 Å². The van der Waals surface area contributed by atoms with Gasteiger partial charge in [-0.3, -0.25) is 4.79 Å². The van der Waals surface area contributed by atoms with Gasteiger partial charge in [0, 0.05) is 13.2 Å². The Bertz CT molecular complexity index is 257. The van der Waals surface area contributed by atoms with Crippen molar-refractivity contribution in [3.05, 3.63) is 0 Å². The maximum atomic E-state index is 11.8. The summed E-state index contributed by atoms with van der Waals surface area (Å²) in [6.07, 6.45) is 2.16. The van der Waals surface area contributed by atoms with Gasteiger partial charge in [0.1, 0.15) is 4.75 Å². The summed E-state index contributed by atoms with van der Waals surface area (Å²) in [4.78, 5) is 11.8. The Labute approximate surface area is 109 Å². The lowest BCUT2D eigenvalue weighted by Crippen LogP contribution is -2.35. The largest absolute Gasteiger partial charge is 0.465 e. The van der Waals surface area contributed by atoms with E-state index in [2.05, 4.69) is 6.92 Å². The molecule has 0 aromatic heterocycles. The van der Waals surface area contributed by atoms with Crippen LogP contribution in [0.15, 0.2) is 0 Å². The number of esters is 1. The Kier molecular flexibility index (Phi) is 5.32. The van der Waals surface area contributed by atoms with E-state index in [9.17, 15) is 4.79 Å². The fourth-order valence-electron chi connectivity index (χ4n) is 1.73. The maximum absolute atomic E-state index is 11.8. The van der Waals surface area contributed by atoms with Gasteiger partial charge in [-0.15, -0.1) is 11.8 Å². The number of rotatable bonds is 5.